The van der Waals surface area contributed by atoms with Crippen molar-refractivity contribution in [2.45, 2.75) is 20.4 Å². The lowest BCUT2D eigenvalue weighted by Gasteiger charge is -2.19. The molecule has 0 aliphatic heterocycles. The van der Waals surface area contributed by atoms with Gasteiger partial charge in [-0.2, -0.15) is 0 Å². The van der Waals surface area contributed by atoms with Crippen molar-refractivity contribution in [3.05, 3.63) is 68.9 Å². The van der Waals surface area contributed by atoms with Crippen LogP contribution in [0, 0.1) is 19.7 Å². The summed E-state index contributed by atoms with van der Waals surface area (Å²) >= 11 is 3.16. The number of rotatable bonds is 5. The summed E-state index contributed by atoms with van der Waals surface area (Å²) in [5, 5.41) is 0. The number of aryl methyl sites for hydroxylation is 2. The van der Waals surface area contributed by atoms with Crippen molar-refractivity contribution in [1.82, 2.24) is 4.90 Å². The third-order valence-corrected chi connectivity index (χ3v) is 4.50. The Kier molecular flexibility index (Phi) is 6.31. The molecule has 2 aromatic rings. The van der Waals surface area contributed by atoms with E-state index in [4.69, 9.17) is 4.74 Å². The second kappa shape index (κ2) is 8.25. The molecule has 0 fully saturated rings. The van der Waals surface area contributed by atoms with Crippen molar-refractivity contribution in [3.8, 4) is 0 Å². The van der Waals surface area contributed by atoms with Gasteiger partial charge in [0.2, 0.25) is 0 Å². The fraction of sp³-hybridized carbons (Fsp3) is 0.263. The lowest BCUT2D eigenvalue weighted by molar-refractivity contribution is -0.133. The number of likely N-dealkylation sites (N-methyl/N-ethyl adjacent to an activating group) is 1. The van der Waals surface area contributed by atoms with E-state index >= 15 is 0 Å². The normalized spacial score (nSPS) is 10.4. The van der Waals surface area contributed by atoms with Crippen LogP contribution in [0.5, 0.6) is 0 Å². The fourth-order valence-electron chi connectivity index (χ4n) is 2.34. The first-order valence-corrected chi connectivity index (χ1v) is 8.49. The number of benzene rings is 2. The van der Waals surface area contributed by atoms with Crippen molar-refractivity contribution >= 4 is 27.8 Å². The van der Waals surface area contributed by atoms with Gasteiger partial charge >= 0.3 is 5.97 Å². The molecule has 0 N–H and O–H groups in total. The summed E-state index contributed by atoms with van der Waals surface area (Å²) < 4.78 is 18.7. The number of ether oxygens (including phenoxy) is 1. The Labute approximate surface area is 154 Å². The van der Waals surface area contributed by atoms with Gasteiger partial charge in [-0.3, -0.25) is 4.79 Å². The van der Waals surface area contributed by atoms with E-state index in [2.05, 4.69) is 22.0 Å². The van der Waals surface area contributed by atoms with Crippen LogP contribution >= 0.6 is 15.9 Å². The number of amides is 1. The summed E-state index contributed by atoms with van der Waals surface area (Å²) in [6, 6.07) is 9.72. The highest BCUT2D eigenvalue weighted by atomic mass is 79.9. The molecule has 0 unspecified atom stereocenters. The van der Waals surface area contributed by atoms with E-state index < -0.39 is 18.4 Å². The minimum absolute atomic E-state index is 0.0461. The Bertz CT molecular complexity index is 807. The number of hydrogen-bond acceptors (Lipinski definition) is 3. The van der Waals surface area contributed by atoms with Gasteiger partial charge in [-0.1, -0.05) is 23.8 Å². The van der Waals surface area contributed by atoms with E-state index in [-0.39, 0.29) is 11.5 Å². The Morgan fingerprint density at radius 3 is 2.56 bits per heavy atom. The van der Waals surface area contributed by atoms with Crippen LogP contribution in [-0.2, 0) is 16.1 Å². The first-order valence-electron chi connectivity index (χ1n) is 7.70. The monoisotopic (exact) mass is 407 g/mol. The standard InChI is InChI=1S/C19H19BrFNO3/c1-12-4-5-14(13(2)8-12)10-22(3)18(23)11-25-19(24)16-9-15(21)6-7-17(16)20/h4-9H,10-11H2,1-3H3. The highest BCUT2D eigenvalue weighted by Crippen LogP contribution is 2.19. The fourth-order valence-corrected chi connectivity index (χ4v) is 2.74. The molecule has 6 heteroatoms. The zero-order chi connectivity index (χ0) is 18.6. The molecule has 0 bridgehead atoms. The molecule has 0 heterocycles. The molecule has 0 saturated carbocycles. The molecule has 0 aliphatic rings. The number of carbonyl (C=O) groups excluding carboxylic acids is 2. The molecule has 0 spiro atoms. The van der Waals surface area contributed by atoms with Crippen LogP contribution in [0.4, 0.5) is 4.39 Å². The summed E-state index contributed by atoms with van der Waals surface area (Å²) in [6.45, 7) is 4.02. The van der Waals surface area contributed by atoms with Crippen LogP contribution in [-0.4, -0.2) is 30.4 Å². The van der Waals surface area contributed by atoms with E-state index in [0.29, 0.717) is 11.0 Å². The number of halogens is 2. The number of esters is 1. The Morgan fingerprint density at radius 1 is 1.16 bits per heavy atom. The van der Waals surface area contributed by atoms with Gasteiger partial charge in [0.25, 0.3) is 5.91 Å². The van der Waals surface area contributed by atoms with Gasteiger partial charge in [-0.05, 0) is 59.1 Å². The van der Waals surface area contributed by atoms with Gasteiger partial charge in [-0.15, -0.1) is 0 Å². The average molecular weight is 408 g/mol. The summed E-state index contributed by atoms with van der Waals surface area (Å²) in [7, 11) is 1.65. The summed E-state index contributed by atoms with van der Waals surface area (Å²) in [6.07, 6.45) is 0. The van der Waals surface area contributed by atoms with Gasteiger partial charge < -0.3 is 9.64 Å². The lowest BCUT2D eigenvalue weighted by Crippen LogP contribution is -2.31. The van der Waals surface area contributed by atoms with Gasteiger partial charge in [0, 0.05) is 18.1 Å². The quantitative estimate of drug-likeness (QED) is 0.703. The van der Waals surface area contributed by atoms with E-state index in [1.807, 2.05) is 26.0 Å². The average Bonchev–Trinajstić information content (AvgIpc) is 2.56. The van der Waals surface area contributed by atoms with Crippen molar-refractivity contribution in [2.75, 3.05) is 13.7 Å². The van der Waals surface area contributed by atoms with Crippen LogP contribution in [0.2, 0.25) is 0 Å². The maximum Gasteiger partial charge on any atom is 0.339 e. The number of hydrogen-bond donors (Lipinski definition) is 0. The molecule has 0 atom stereocenters. The first kappa shape index (κ1) is 19.1. The second-order valence-corrected chi connectivity index (χ2v) is 6.73. The molecule has 2 aromatic carbocycles. The van der Waals surface area contributed by atoms with Crippen molar-refractivity contribution in [3.63, 3.8) is 0 Å². The smallest absolute Gasteiger partial charge is 0.339 e. The largest absolute Gasteiger partial charge is 0.452 e. The van der Waals surface area contributed by atoms with Crippen LogP contribution in [0.25, 0.3) is 0 Å². The predicted octanol–water partition coefficient (Wildman–Crippen LogP) is 4.02. The number of carbonyl (C=O) groups is 2. The number of nitrogens with zero attached hydrogens (tertiary/aromatic N) is 1. The maximum absolute atomic E-state index is 13.2. The maximum atomic E-state index is 13.2. The van der Waals surface area contributed by atoms with Crippen LogP contribution < -0.4 is 0 Å². The molecular formula is C19H19BrFNO3. The molecule has 2 rings (SSSR count). The van der Waals surface area contributed by atoms with E-state index in [0.717, 1.165) is 22.8 Å². The molecule has 0 saturated heterocycles. The minimum atomic E-state index is -0.750. The third-order valence-electron chi connectivity index (χ3n) is 3.81. The van der Waals surface area contributed by atoms with Gasteiger partial charge in [-0.25, -0.2) is 9.18 Å². The van der Waals surface area contributed by atoms with Crippen molar-refractivity contribution in [1.29, 1.82) is 0 Å². The van der Waals surface area contributed by atoms with Crippen LogP contribution in [0.15, 0.2) is 40.9 Å². The Hall–Kier alpha value is -2.21. The molecule has 25 heavy (non-hydrogen) atoms. The zero-order valence-corrected chi connectivity index (χ0v) is 15.9. The van der Waals surface area contributed by atoms with Gasteiger partial charge in [0.15, 0.2) is 6.61 Å². The van der Waals surface area contributed by atoms with E-state index in [9.17, 15) is 14.0 Å². The highest BCUT2D eigenvalue weighted by molar-refractivity contribution is 9.10. The predicted molar refractivity (Wildman–Crippen MR) is 96.8 cm³/mol. The molecular weight excluding hydrogens is 389 g/mol. The topological polar surface area (TPSA) is 46.6 Å². The Morgan fingerprint density at radius 2 is 1.88 bits per heavy atom. The first-order chi connectivity index (χ1) is 11.8. The van der Waals surface area contributed by atoms with Crippen molar-refractivity contribution in [2.24, 2.45) is 0 Å². The molecule has 132 valence electrons. The highest BCUT2D eigenvalue weighted by Gasteiger charge is 2.17. The van der Waals surface area contributed by atoms with E-state index in [1.54, 1.807) is 7.05 Å². The minimum Gasteiger partial charge on any atom is -0.452 e. The second-order valence-electron chi connectivity index (χ2n) is 5.88. The SMILES string of the molecule is Cc1ccc(CN(C)C(=O)COC(=O)c2cc(F)ccc2Br)c(C)c1. The third kappa shape index (κ3) is 5.13. The molecule has 1 amide bonds. The zero-order valence-electron chi connectivity index (χ0n) is 14.3. The Balaban J connectivity index is 1.95. The molecule has 4 nitrogen and oxygen atoms in total. The molecule has 0 aliphatic carbocycles. The molecule has 0 radical (unpaired) electrons. The summed E-state index contributed by atoms with van der Waals surface area (Å²) in [5.41, 5.74) is 3.33. The summed E-state index contributed by atoms with van der Waals surface area (Å²) in [4.78, 5) is 25.7. The van der Waals surface area contributed by atoms with Crippen molar-refractivity contribution < 1.29 is 18.7 Å². The van der Waals surface area contributed by atoms with Gasteiger partial charge in [0.05, 0.1) is 5.56 Å². The van der Waals surface area contributed by atoms with E-state index in [1.165, 1.54) is 17.0 Å². The van der Waals surface area contributed by atoms with Gasteiger partial charge in [0.1, 0.15) is 5.82 Å². The molecule has 0 aromatic heterocycles. The lowest BCUT2D eigenvalue weighted by atomic mass is 10.1. The summed E-state index contributed by atoms with van der Waals surface area (Å²) in [5.74, 6) is -1.63. The van der Waals surface area contributed by atoms with Crippen LogP contribution in [0.1, 0.15) is 27.0 Å². The van der Waals surface area contributed by atoms with Crippen LogP contribution in [0.3, 0.4) is 0 Å².